The molecular weight excluding hydrogens is 387 g/mol. The van der Waals surface area contributed by atoms with Gasteiger partial charge in [-0.15, -0.1) is 0 Å². The molecule has 0 bridgehead atoms. The molecule has 0 unspecified atom stereocenters. The van der Waals surface area contributed by atoms with Gasteiger partial charge in [0.2, 0.25) is 0 Å². The van der Waals surface area contributed by atoms with Crippen molar-refractivity contribution in [3.8, 4) is 40.0 Å². The Balaban J connectivity index is 1.49. The maximum absolute atomic E-state index is 13.0. The van der Waals surface area contributed by atoms with Crippen molar-refractivity contribution in [3.05, 3.63) is 84.3 Å². The number of methoxy groups -OCH3 is 1. The van der Waals surface area contributed by atoms with Crippen molar-refractivity contribution in [2.75, 3.05) is 7.11 Å². The molecule has 0 radical (unpaired) electrons. The molecule has 1 heterocycles. The average molecular weight is 406 g/mol. The Labute approximate surface area is 172 Å². The lowest BCUT2D eigenvalue weighted by molar-refractivity contribution is 0.304. The van der Waals surface area contributed by atoms with Crippen molar-refractivity contribution in [3.63, 3.8) is 0 Å². The van der Waals surface area contributed by atoms with E-state index < -0.39 is 0 Å². The quantitative estimate of drug-likeness (QED) is 0.435. The molecule has 0 saturated carbocycles. The van der Waals surface area contributed by atoms with E-state index in [1.807, 2.05) is 0 Å². The Hall–Kier alpha value is -4.00. The minimum absolute atomic E-state index is 0.00966. The molecule has 0 aliphatic carbocycles. The van der Waals surface area contributed by atoms with E-state index in [-0.39, 0.29) is 18.2 Å². The van der Waals surface area contributed by atoms with E-state index in [1.54, 1.807) is 55.6 Å². The van der Waals surface area contributed by atoms with Crippen molar-refractivity contribution in [2.45, 2.75) is 6.61 Å². The Morgan fingerprint density at radius 3 is 2.33 bits per heavy atom. The molecule has 0 aliphatic heterocycles. The monoisotopic (exact) mass is 406 g/mol. The van der Waals surface area contributed by atoms with Crippen molar-refractivity contribution < 1.29 is 23.7 Å². The van der Waals surface area contributed by atoms with Crippen LogP contribution in [0.3, 0.4) is 0 Å². The zero-order chi connectivity index (χ0) is 20.9. The van der Waals surface area contributed by atoms with Gasteiger partial charge >= 0.3 is 0 Å². The smallest absolute Gasteiger partial charge is 0.173 e. The summed E-state index contributed by atoms with van der Waals surface area (Å²) in [6.07, 6.45) is 1.54. The van der Waals surface area contributed by atoms with Crippen molar-refractivity contribution in [1.29, 1.82) is 0 Å². The zero-order valence-corrected chi connectivity index (χ0v) is 16.1. The number of aromatic hydroxyl groups is 1. The van der Waals surface area contributed by atoms with Crippen LogP contribution in [0.15, 0.2) is 72.9 Å². The van der Waals surface area contributed by atoms with Gasteiger partial charge in [0, 0.05) is 11.6 Å². The first kappa shape index (κ1) is 19.3. The second-order valence-electron chi connectivity index (χ2n) is 6.48. The van der Waals surface area contributed by atoms with E-state index in [0.29, 0.717) is 28.5 Å². The molecule has 0 fully saturated rings. The highest BCUT2D eigenvalue weighted by Crippen LogP contribution is 2.38. The number of halogens is 1. The summed E-state index contributed by atoms with van der Waals surface area (Å²) in [6.45, 7) is 0.259. The number of benzene rings is 3. The van der Waals surface area contributed by atoms with Crippen LogP contribution in [0.1, 0.15) is 5.56 Å². The second-order valence-corrected chi connectivity index (χ2v) is 6.48. The van der Waals surface area contributed by atoms with Crippen LogP contribution in [-0.2, 0) is 6.61 Å². The summed E-state index contributed by atoms with van der Waals surface area (Å²) in [6, 6.07) is 18.2. The third kappa shape index (κ3) is 4.35. The Bertz CT molecular complexity index is 1120. The predicted molar refractivity (Wildman–Crippen MR) is 109 cm³/mol. The molecule has 30 heavy (non-hydrogen) atoms. The molecule has 0 aliphatic rings. The third-order valence-electron chi connectivity index (χ3n) is 4.45. The normalized spacial score (nSPS) is 10.6. The minimum Gasteiger partial charge on any atom is -0.507 e. The molecular formula is C23H19FN2O4. The van der Waals surface area contributed by atoms with Crippen LogP contribution in [0, 0.1) is 5.82 Å². The van der Waals surface area contributed by atoms with Gasteiger partial charge in [0.15, 0.2) is 5.75 Å². The Morgan fingerprint density at radius 2 is 1.63 bits per heavy atom. The fourth-order valence-corrected chi connectivity index (χ4v) is 2.88. The average Bonchev–Trinajstić information content (AvgIpc) is 3.22. The van der Waals surface area contributed by atoms with Gasteiger partial charge in [-0.3, -0.25) is 5.10 Å². The van der Waals surface area contributed by atoms with Gasteiger partial charge in [0.1, 0.15) is 41.1 Å². The molecule has 2 N–H and O–H groups in total. The van der Waals surface area contributed by atoms with Crippen LogP contribution in [0.25, 0.3) is 11.3 Å². The molecule has 1 aromatic heterocycles. The number of aromatic nitrogens is 2. The Morgan fingerprint density at radius 1 is 0.933 bits per heavy atom. The molecule has 152 valence electrons. The van der Waals surface area contributed by atoms with Crippen molar-refractivity contribution >= 4 is 0 Å². The van der Waals surface area contributed by atoms with E-state index >= 15 is 0 Å². The van der Waals surface area contributed by atoms with Gasteiger partial charge in [0.05, 0.1) is 13.3 Å². The lowest BCUT2D eigenvalue weighted by Gasteiger charge is -2.11. The number of nitrogens with zero attached hydrogens (tertiary/aromatic N) is 1. The molecule has 4 rings (SSSR count). The number of ether oxygens (including phenoxy) is 3. The molecule has 6 nitrogen and oxygen atoms in total. The summed E-state index contributed by atoms with van der Waals surface area (Å²) in [5, 5.41) is 17.4. The zero-order valence-electron chi connectivity index (χ0n) is 16.1. The highest BCUT2D eigenvalue weighted by atomic mass is 19.1. The van der Waals surface area contributed by atoms with Gasteiger partial charge in [-0.05, 0) is 54.1 Å². The third-order valence-corrected chi connectivity index (χ3v) is 4.45. The summed E-state index contributed by atoms with van der Waals surface area (Å²) in [5.41, 5.74) is 1.88. The topological polar surface area (TPSA) is 76.6 Å². The first-order valence-electron chi connectivity index (χ1n) is 9.18. The largest absolute Gasteiger partial charge is 0.507 e. The van der Waals surface area contributed by atoms with E-state index in [2.05, 4.69) is 10.2 Å². The SMILES string of the molecule is COc1ccc(Oc2cn[nH]c2-c2ccc(OCc3ccc(F)cc3)cc2O)cc1. The van der Waals surface area contributed by atoms with Crippen molar-refractivity contribution in [2.24, 2.45) is 0 Å². The van der Waals surface area contributed by atoms with Crippen LogP contribution in [0.4, 0.5) is 4.39 Å². The molecule has 0 saturated heterocycles. The number of rotatable bonds is 7. The fraction of sp³-hybridized carbons (Fsp3) is 0.0870. The lowest BCUT2D eigenvalue weighted by Crippen LogP contribution is -1.95. The van der Waals surface area contributed by atoms with Crippen LogP contribution >= 0.6 is 0 Å². The van der Waals surface area contributed by atoms with E-state index in [0.717, 1.165) is 11.3 Å². The highest BCUT2D eigenvalue weighted by Gasteiger charge is 2.15. The first-order chi connectivity index (χ1) is 14.6. The lowest BCUT2D eigenvalue weighted by atomic mass is 10.1. The number of phenolic OH excluding ortho intramolecular Hbond substituents is 1. The number of phenols is 1. The molecule has 0 amide bonds. The van der Waals surface area contributed by atoms with Gasteiger partial charge in [-0.2, -0.15) is 5.10 Å². The summed E-state index contributed by atoms with van der Waals surface area (Å²) in [7, 11) is 1.60. The van der Waals surface area contributed by atoms with E-state index in [4.69, 9.17) is 14.2 Å². The number of hydrogen-bond donors (Lipinski definition) is 2. The standard InChI is InChI=1S/C23H19FN2O4/c1-28-17-6-8-18(9-7-17)30-22-13-25-26-23(22)20-11-10-19(12-21(20)27)29-14-15-2-4-16(24)5-3-15/h2-13,27H,14H2,1H3,(H,25,26). The number of nitrogens with one attached hydrogen (secondary N) is 1. The summed E-state index contributed by atoms with van der Waals surface area (Å²) >= 11 is 0. The van der Waals surface area contributed by atoms with Gasteiger partial charge in [0.25, 0.3) is 0 Å². The summed E-state index contributed by atoms with van der Waals surface area (Å²) in [5.74, 6) is 2.00. The van der Waals surface area contributed by atoms with Gasteiger partial charge < -0.3 is 19.3 Å². The number of aromatic amines is 1. The maximum Gasteiger partial charge on any atom is 0.173 e. The number of hydrogen-bond acceptors (Lipinski definition) is 5. The van der Waals surface area contributed by atoms with Crippen LogP contribution in [-0.4, -0.2) is 22.4 Å². The molecule has 3 aromatic carbocycles. The summed E-state index contributed by atoms with van der Waals surface area (Å²) in [4.78, 5) is 0. The summed E-state index contributed by atoms with van der Waals surface area (Å²) < 4.78 is 29.7. The minimum atomic E-state index is -0.298. The second kappa shape index (κ2) is 8.57. The Kier molecular flexibility index (Phi) is 5.52. The first-order valence-corrected chi connectivity index (χ1v) is 9.18. The maximum atomic E-state index is 13.0. The predicted octanol–water partition coefficient (Wildman–Crippen LogP) is 5.30. The molecule has 0 spiro atoms. The van der Waals surface area contributed by atoms with Gasteiger partial charge in [-0.1, -0.05) is 12.1 Å². The van der Waals surface area contributed by atoms with E-state index in [1.165, 1.54) is 24.4 Å². The molecule has 4 aromatic rings. The number of H-pyrrole nitrogens is 1. The van der Waals surface area contributed by atoms with Crippen LogP contribution < -0.4 is 14.2 Å². The van der Waals surface area contributed by atoms with Crippen molar-refractivity contribution in [1.82, 2.24) is 10.2 Å². The molecule has 7 heteroatoms. The highest BCUT2D eigenvalue weighted by molar-refractivity contribution is 5.73. The fourth-order valence-electron chi connectivity index (χ4n) is 2.88. The molecule has 0 atom stereocenters. The van der Waals surface area contributed by atoms with Gasteiger partial charge in [-0.25, -0.2) is 4.39 Å². The van der Waals surface area contributed by atoms with Crippen LogP contribution in [0.5, 0.6) is 28.7 Å². The van der Waals surface area contributed by atoms with Crippen LogP contribution in [0.2, 0.25) is 0 Å². The van der Waals surface area contributed by atoms with E-state index in [9.17, 15) is 9.50 Å².